The number of hydrogen-bond donors (Lipinski definition) is 2. The summed E-state index contributed by atoms with van der Waals surface area (Å²) in [5, 5.41) is 11.8. The van der Waals surface area contributed by atoms with Crippen molar-refractivity contribution in [3.63, 3.8) is 0 Å². The summed E-state index contributed by atoms with van der Waals surface area (Å²) in [5.41, 5.74) is 7.13. The molecule has 0 saturated carbocycles. The van der Waals surface area contributed by atoms with Crippen LogP contribution in [0.3, 0.4) is 0 Å². The summed E-state index contributed by atoms with van der Waals surface area (Å²) in [6.45, 7) is 2.48. The fourth-order valence-corrected chi connectivity index (χ4v) is 1.88. The van der Waals surface area contributed by atoms with Gasteiger partial charge in [0, 0.05) is 24.4 Å². The van der Waals surface area contributed by atoms with Crippen LogP contribution in [0.15, 0.2) is 47.6 Å². The molecule has 0 unspecified atom stereocenters. The van der Waals surface area contributed by atoms with Crippen molar-refractivity contribution < 1.29 is 9.94 Å². The Morgan fingerprint density at radius 2 is 2.10 bits per heavy atom. The standard InChI is InChI=1S/C15H18N4O2/c1-3-21-14-9-5-8-13(17-14)19(2)12-7-4-6-11(10-12)15(16)18-20/h4-10,20H,3H2,1-2H3,(H2,16,18). The first-order valence-corrected chi connectivity index (χ1v) is 6.57. The highest BCUT2D eigenvalue weighted by atomic mass is 16.5. The summed E-state index contributed by atoms with van der Waals surface area (Å²) in [4.78, 5) is 6.33. The van der Waals surface area contributed by atoms with Crippen LogP contribution < -0.4 is 15.4 Å². The molecule has 0 atom stereocenters. The van der Waals surface area contributed by atoms with E-state index in [-0.39, 0.29) is 5.84 Å². The maximum Gasteiger partial charge on any atom is 0.215 e. The van der Waals surface area contributed by atoms with E-state index in [1.807, 2.05) is 55.3 Å². The minimum Gasteiger partial charge on any atom is -0.478 e. The molecular formula is C15H18N4O2. The molecule has 6 heteroatoms. The smallest absolute Gasteiger partial charge is 0.215 e. The largest absolute Gasteiger partial charge is 0.478 e. The number of pyridine rings is 1. The zero-order chi connectivity index (χ0) is 15.2. The third-order valence-electron chi connectivity index (χ3n) is 2.98. The molecule has 0 fully saturated rings. The van der Waals surface area contributed by atoms with Gasteiger partial charge < -0.3 is 20.6 Å². The number of amidine groups is 1. The van der Waals surface area contributed by atoms with Gasteiger partial charge in [-0.1, -0.05) is 23.4 Å². The van der Waals surface area contributed by atoms with E-state index < -0.39 is 0 Å². The van der Waals surface area contributed by atoms with E-state index in [9.17, 15) is 0 Å². The van der Waals surface area contributed by atoms with Crippen molar-refractivity contribution in [2.24, 2.45) is 10.9 Å². The molecule has 0 aliphatic heterocycles. The Bertz CT molecular complexity index is 643. The van der Waals surface area contributed by atoms with Gasteiger partial charge in [-0.25, -0.2) is 0 Å². The molecule has 1 aromatic heterocycles. The molecule has 21 heavy (non-hydrogen) atoms. The van der Waals surface area contributed by atoms with E-state index in [0.29, 0.717) is 18.1 Å². The van der Waals surface area contributed by atoms with Gasteiger partial charge in [-0.05, 0) is 25.1 Å². The molecule has 0 radical (unpaired) electrons. The maximum atomic E-state index is 8.75. The van der Waals surface area contributed by atoms with Crippen LogP contribution in [0, 0.1) is 0 Å². The number of anilines is 2. The van der Waals surface area contributed by atoms with Gasteiger partial charge in [0.15, 0.2) is 5.84 Å². The highest BCUT2D eigenvalue weighted by Gasteiger charge is 2.08. The molecule has 0 spiro atoms. The van der Waals surface area contributed by atoms with Crippen LogP contribution in [-0.4, -0.2) is 29.7 Å². The van der Waals surface area contributed by atoms with Gasteiger partial charge in [0.25, 0.3) is 0 Å². The monoisotopic (exact) mass is 286 g/mol. The second-order valence-corrected chi connectivity index (χ2v) is 4.36. The molecule has 0 saturated heterocycles. The molecule has 0 aliphatic rings. The quantitative estimate of drug-likeness (QED) is 0.381. The van der Waals surface area contributed by atoms with E-state index in [1.165, 1.54) is 0 Å². The van der Waals surface area contributed by atoms with Crippen molar-refractivity contribution in [3.05, 3.63) is 48.0 Å². The number of ether oxygens (including phenoxy) is 1. The number of nitrogens with zero attached hydrogens (tertiary/aromatic N) is 3. The highest BCUT2D eigenvalue weighted by Crippen LogP contribution is 2.24. The summed E-state index contributed by atoms with van der Waals surface area (Å²) >= 11 is 0. The van der Waals surface area contributed by atoms with Crippen molar-refractivity contribution in [2.75, 3.05) is 18.6 Å². The number of hydrogen-bond acceptors (Lipinski definition) is 5. The fraction of sp³-hybridized carbons (Fsp3) is 0.200. The van der Waals surface area contributed by atoms with E-state index in [4.69, 9.17) is 15.7 Å². The van der Waals surface area contributed by atoms with E-state index in [2.05, 4.69) is 10.1 Å². The summed E-state index contributed by atoms with van der Waals surface area (Å²) in [6, 6.07) is 12.9. The van der Waals surface area contributed by atoms with Crippen LogP contribution in [0.25, 0.3) is 0 Å². The minimum atomic E-state index is 0.0706. The Morgan fingerprint density at radius 1 is 1.33 bits per heavy atom. The number of aromatic nitrogens is 1. The van der Waals surface area contributed by atoms with Crippen molar-refractivity contribution in [2.45, 2.75) is 6.92 Å². The maximum absolute atomic E-state index is 8.75. The third-order valence-corrected chi connectivity index (χ3v) is 2.98. The Kier molecular flexibility index (Phi) is 4.61. The van der Waals surface area contributed by atoms with Gasteiger partial charge >= 0.3 is 0 Å². The number of benzene rings is 1. The minimum absolute atomic E-state index is 0.0706. The van der Waals surface area contributed by atoms with Crippen LogP contribution in [0.1, 0.15) is 12.5 Å². The second-order valence-electron chi connectivity index (χ2n) is 4.36. The van der Waals surface area contributed by atoms with Gasteiger partial charge in [0.05, 0.1) is 6.61 Å². The average Bonchev–Trinajstić information content (AvgIpc) is 2.54. The van der Waals surface area contributed by atoms with Crippen molar-refractivity contribution >= 4 is 17.3 Å². The summed E-state index contributed by atoms with van der Waals surface area (Å²) < 4.78 is 5.40. The molecule has 1 heterocycles. The summed E-state index contributed by atoms with van der Waals surface area (Å²) in [5.74, 6) is 1.40. The van der Waals surface area contributed by atoms with Crippen LogP contribution in [-0.2, 0) is 0 Å². The first kappa shape index (κ1) is 14.6. The summed E-state index contributed by atoms with van der Waals surface area (Å²) in [7, 11) is 1.89. The summed E-state index contributed by atoms with van der Waals surface area (Å²) in [6.07, 6.45) is 0. The second kappa shape index (κ2) is 6.60. The molecular weight excluding hydrogens is 268 g/mol. The lowest BCUT2D eigenvalue weighted by atomic mass is 10.2. The topological polar surface area (TPSA) is 84.0 Å². The van der Waals surface area contributed by atoms with Crippen molar-refractivity contribution in [1.29, 1.82) is 0 Å². The van der Waals surface area contributed by atoms with Crippen LogP contribution in [0.4, 0.5) is 11.5 Å². The Morgan fingerprint density at radius 3 is 2.81 bits per heavy atom. The van der Waals surface area contributed by atoms with E-state index in [1.54, 1.807) is 6.07 Å². The van der Waals surface area contributed by atoms with Gasteiger partial charge in [-0.2, -0.15) is 4.98 Å². The van der Waals surface area contributed by atoms with Crippen LogP contribution in [0.2, 0.25) is 0 Å². The predicted molar refractivity (Wildman–Crippen MR) is 82.4 cm³/mol. The molecule has 6 nitrogen and oxygen atoms in total. The Labute approximate surface area is 123 Å². The van der Waals surface area contributed by atoms with E-state index >= 15 is 0 Å². The zero-order valence-electron chi connectivity index (χ0n) is 12.0. The molecule has 3 N–H and O–H groups in total. The lowest BCUT2D eigenvalue weighted by molar-refractivity contribution is 0.318. The molecule has 2 rings (SSSR count). The predicted octanol–water partition coefficient (Wildman–Crippen LogP) is 2.34. The van der Waals surface area contributed by atoms with Crippen molar-refractivity contribution in [3.8, 4) is 5.88 Å². The SMILES string of the molecule is CCOc1cccc(N(C)c2cccc(C(N)=NO)c2)n1. The molecule has 0 bridgehead atoms. The average molecular weight is 286 g/mol. The van der Waals surface area contributed by atoms with Gasteiger partial charge in [0.2, 0.25) is 5.88 Å². The lowest BCUT2D eigenvalue weighted by Crippen LogP contribution is -2.15. The van der Waals surface area contributed by atoms with Gasteiger partial charge in [-0.15, -0.1) is 0 Å². The lowest BCUT2D eigenvalue weighted by Gasteiger charge is -2.19. The molecule has 110 valence electrons. The Balaban J connectivity index is 2.31. The number of rotatable bonds is 5. The highest BCUT2D eigenvalue weighted by molar-refractivity contribution is 5.97. The molecule has 2 aromatic rings. The molecule has 0 aliphatic carbocycles. The number of oxime groups is 1. The third kappa shape index (κ3) is 3.42. The molecule has 0 amide bonds. The van der Waals surface area contributed by atoms with Gasteiger partial charge in [-0.3, -0.25) is 0 Å². The molecule has 1 aromatic carbocycles. The fourth-order valence-electron chi connectivity index (χ4n) is 1.88. The first-order chi connectivity index (χ1) is 10.2. The van der Waals surface area contributed by atoms with Crippen LogP contribution >= 0.6 is 0 Å². The Hall–Kier alpha value is -2.76. The zero-order valence-corrected chi connectivity index (χ0v) is 12.0. The number of nitrogens with two attached hydrogens (primary N) is 1. The normalized spacial score (nSPS) is 11.2. The van der Waals surface area contributed by atoms with Crippen molar-refractivity contribution in [1.82, 2.24) is 4.98 Å². The van der Waals surface area contributed by atoms with E-state index in [0.717, 1.165) is 11.5 Å². The first-order valence-electron chi connectivity index (χ1n) is 6.57. The van der Waals surface area contributed by atoms with Gasteiger partial charge in [0.1, 0.15) is 5.82 Å². The van der Waals surface area contributed by atoms with Crippen LogP contribution in [0.5, 0.6) is 5.88 Å².